The molecule has 0 aromatic heterocycles. The fourth-order valence-corrected chi connectivity index (χ4v) is 5.50. The van der Waals surface area contributed by atoms with E-state index in [1.807, 2.05) is 6.92 Å². The zero-order valence-corrected chi connectivity index (χ0v) is 14.9. The van der Waals surface area contributed by atoms with Gasteiger partial charge in [0.25, 0.3) is 0 Å². The average molecular weight is 351 g/mol. The van der Waals surface area contributed by atoms with E-state index >= 15 is 0 Å². The number of rotatable bonds is 4. The Bertz CT molecular complexity index is 848. The highest BCUT2D eigenvalue weighted by Crippen LogP contribution is 2.73. The van der Waals surface area contributed by atoms with Crippen LogP contribution in [0.3, 0.4) is 0 Å². The van der Waals surface area contributed by atoms with Gasteiger partial charge in [0, 0.05) is 5.56 Å². The number of allylic oxidation sites excluding steroid dienone is 2. The standard InChI is InChI=1S/C21H21NO4/c1-3-26-16-7-4-12(11(2)23)10-15(16)22-19(24)17-13-5-6-14(18(17)20(22)25)21(13)8-9-21/h4-7,10,13-14,17-18H,3,8-9H2,1-2H3/t13-,14-,17-,18-/m0/s1. The van der Waals surface area contributed by atoms with E-state index in [1.165, 1.54) is 11.8 Å². The summed E-state index contributed by atoms with van der Waals surface area (Å²) in [6.07, 6.45) is 6.55. The van der Waals surface area contributed by atoms with Crippen molar-refractivity contribution in [1.82, 2.24) is 0 Å². The fraction of sp³-hybridized carbons (Fsp3) is 0.476. The van der Waals surface area contributed by atoms with Crippen molar-refractivity contribution in [2.24, 2.45) is 29.1 Å². The van der Waals surface area contributed by atoms with Crippen LogP contribution in [0.2, 0.25) is 0 Å². The van der Waals surface area contributed by atoms with Crippen LogP contribution in [0.25, 0.3) is 0 Å². The van der Waals surface area contributed by atoms with Crippen molar-refractivity contribution in [2.45, 2.75) is 26.7 Å². The molecule has 1 heterocycles. The quantitative estimate of drug-likeness (QED) is 0.475. The molecule has 4 aliphatic rings. The molecule has 5 heteroatoms. The van der Waals surface area contributed by atoms with Gasteiger partial charge in [-0.1, -0.05) is 12.2 Å². The first-order chi connectivity index (χ1) is 12.5. The minimum Gasteiger partial charge on any atom is -0.492 e. The normalized spacial score (nSPS) is 32.5. The Labute approximate surface area is 152 Å². The van der Waals surface area contributed by atoms with E-state index in [1.54, 1.807) is 18.2 Å². The number of Topliss-reactive ketones (excluding diaryl/α,β-unsaturated/α-hetero) is 1. The lowest BCUT2D eigenvalue weighted by Gasteiger charge is -2.23. The second-order valence-corrected chi connectivity index (χ2v) is 7.90. The fourth-order valence-electron chi connectivity index (χ4n) is 5.50. The Morgan fingerprint density at radius 3 is 2.27 bits per heavy atom. The Balaban J connectivity index is 1.58. The Morgan fingerprint density at radius 2 is 1.77 bits per heavy atom. The van der Waals surface area contributed by atoms with Crippen molar-refractivity contribution in [1.29, 1.82) is 0 Å². The second kappa shape index (κ2) is 5.06. The SMILES string of the molecule is CCOc1ccc(C(C)=O)cc1N1C(=O)[C@@H]2[C@@H](C1=O)[C@@H]1C=C[C@@H]2C12CC2. The summed E-state index contributed by atoms with van der Waals surface area (Å²) >= 11 is 0. The van der Waals surface area contributed by atoms with E-state index in [0.29, 0.717) is 23.6 Å². The molecular weight excluding hydrogens is 330 g/mol. The first-order valence-corrected chi connectivity index (χ1v) is 9.33. The van der Waals surface area contributed by atoms with Gasteiger partial charge in [0.2, 0.25) is 11.8 Å². The van der Waals surface area contributed by atoms with Gasteiger partial charge in [0.05, 0.1) is 24.1 Å². The third-order valence-electron chi connectivity index (χ3n) is 6.76. The van der Waals surface area contributed by atoms with Crippen LogP contribution in [-0.4, -0.2) is 24.2 Å². The van der Waals surface area contributed by atoms with E-state index in [2.05, 4.69) is 12.2 Å². The van der Waals surface area contributed by atoms with Crippen LogP contribution in [0.5, 0.6) is 5.75 Å². The molecule has 0 radical (unpaired) electrons. The van der Waals surface area contributed by atoms with Crippen molar-refractivity contribution in [2.75, 3.05) is 11.5 Å². The molecule has 3 aliphatic carbocycles. The molecule has 1 aromatic carbocycles. The third-order valence-corrected chi connectivity index (χ3v) is 6.76. The molecule has 0 N–H and O–H groups in total. The summed E-state index contributed by atoms with van der Waals surface area (Å²) in [5, 5.41) is 0. The van der Waals surface area contributed by atoms with Gasteiger partial charge in [-0.25, -0.2) is 4.90 Å². The van der Waals surface area contributed by atoms with Crippen LogP contribution in [0.1, 0.15) is 37.0 Å². The summed E-state index contributed by atoms with van der Waals surface area (Å²) in [7, 11) is 0. The molecule has 1 spiro atoms. The van der Waals surface area contributed by atoms with Gasteiger partial charge in [-0.2, -0.15) is 0 Å². The lowest BCUT2D eigenvalue weighted by atomic mass is 9.85. The predicted octanol–water partition coefficient (Wildman–Crippen LogP) is 2.99. The highest BCUT2D eigenvalue weighted by Gasteiger charge is 2.73. The van der Waals surface area contributed by atoms with Crippen molar-refractivity contribution in [3.63, 3.8) is 0 Å². The number of ether oxygens (including phenoxy) is 1. The maximum Gasteiger partial charge on any atom is 0.238 e. The monoisotopic (exact) mass is 351 g/mol. The Kier molecular flexibility index (Phi) is 3.07. The maximum absolute atomic E-state index is 13.3. The second-order valence-electron chi connectivity index (χ2n) is 7.90. The van der Waals surface area contributed by atoms with E-state index in [4.69, 9.17) is 4.74 Å². The summed E-state index contributed by atoms with van der Waals surface area (Å²) < 4.78 is 5.65. The first-order valence-electron chi connectivity index (χ1n) is 9.33. The van der Waals surface area contributed by atoms with Crippen LogP contribution in [0.15, 0.2) is 30.4 Å². The minimum absolute atomic E-state index is 0.104. The molecule has 4 atom stereocenters. The van der Waals surface area contributed by atoms with Gasteiger partial charge in [0.1, 0.15) is 5.75 Å². The molecule has 2 amide bonds. The van der Waals surface area contributed by atoms with Crippen molar-refractivity contribution >= 4 is 23.3 Å². The number of anilines is 1. The molecule has 1 aromatic rings. The molecular formula is C21H21NO4. The number of benzene rings is 1. The predicted molar refractivity (Wildman–Crippen MR) is 94.9 cm³/mol. The average Bonchev–Trinajstić information content (AvgIpc) is 3.21. The van der Waals surface area contributed by atoms with Gasteiger partial charge in [-0.05, 0) is 62.1 Å². The Morgan fingerprint density at radius 1 is 1.15 bits per heavy atom. The molecule has 5 rings (SSSR count). The lowest BCUT2D eigenvalue weighted by Crippen LogP contribution is -2.35. The number of carbonyl (C=O) groups excluding carboxylic acids is 3. The van der Waals surface area contributed by atoms with Crippen molar-refractivity contribution < 1.29 is 19.1 Å². The molecule has 2 bridgehead atoms. The number of hydrogen-bond donors (Lipinski definition) is 0. The number of fused-ring (bicyclic) bond motifs is 3. The highest BCUT2D eigenvalue weighted by molar-refractivity contribution is 6.24. The van der Waals surface area contributed by atoms with Gasteiger partial charge in [-0.15, -0.1) is 0 Å². The van der Waals surface area contributed by atoms with E-state index in [0.717, 1.165) is 12.8 Å². The van der Waals surface area contributed by atoms with Crippen LogP contribution in [-0.2, 0) is 9.59 Å². The smallest absolute Gasteiger partial charge is 0.238 e. The largest absolute Gasteiger partial charge is 0.492 e. The van der Waals surface area contributed by atoms with Crippen LogP contribution >= 0.6 is 0 Å². The highest BCUT2D eigenvalue weighted by atomic mass is 16.5. The molecule has 134 valence electrons. The third kappa shape index (κ3) is 1.78. The zero-order chi connectivity index (χ0) is 18.2. The number of amides is 2. The molecule has 2 saturated carbocycles. The van der Waals surface area contributed by atoms with Gasteiger partial charge in [-0.3, -0.25) is 14.4 Å². The zero-order valence-electron chi connectivity index (χ0n) is 14.9. The van der Waals surface area contributed by atoms with Gasteiger partial charge >= 0.3 is 0 Å². The van der Waals surface area contributed by atoms with Crippen molar-refractivity contribution in [3.05, 3.63) is 35.9 Å². The van der Waals surface area contributed by atoms with Gasteiger partial charge < -0.3 is 4.74 Å². The lowest BCUT2D eigenvalue weighted by molar-refractivity contribution is -0.123. The van der Waals surface area contributed by atoms with Crippen LogP contribution in [0, 0.1) is 29.1 Å². The van der Waals surface area contributed by atoms with Gasteiger partial charge in [0.15, 0.2) is 5.78 Å². The number of carbonyl (C=O) groups is 3. The van der Waals surface area contributed by atoms with E-state index < -0.39 is 0 Å². The topological polar surface area (TPSA) is 63.7 Å². The first kappa shape index (κ1) is 15.8. The van der Waals surface area contributed by atoms with E-state index in [9.17, 15) is 14.4 Å². The number of nitrogens with zero attached hydrogens (tertiary/aromatic N) is 1. The molecule has 0 unspecified atom stereocenters. The summed E-state index contributed by atoms with van der Waals surface area (Å²) in [5.41, 5.74) is 1.06. The number of hydrogen-bond acceptors (Lipinski definition) is 4. The number of ketones is 1. The molecule has 3 fully saturated rings. The summed E-state index contributed by atoms with van der Waals surface area (Å²) in [4.78, 5) is 39.6. The maximum atomic E-state index is 13.3. The van der Waals surface area contributed by atoms with Crippen LogP contribution < -0.4 is 9.64 Å². The van der Waals surface area contributed by atoms with Crippen molar-refractivity contribution in [3.8, 4) is 5.75 Å². The molecule has 26 heavy (non-hydrogen) atoms. The number of imide groups is 1. The molecule has 5 nitrogen and oxygen atoms in total. The summed E-state index contributed by atoms with van der Waals surface area (Å²) in [6, 6.07) is 4.97. The summed E-state index contributed by atoms with van der Waals surface area (Å²) in [6.45, 7) is 3.75. The molecule has 1 aliphatic heterocycles. The van der Waals surface area contributed by atoms with Crippen LogP contribution in [0.4, 0.5) is 5.69 Å². The summed E-state index contributed by atoms with van der Waals surface area (Å²) in [5.74, 6) is -0.0377. The Hall–Kier alpha value is -2.43. The minimum atomic E-state index is -0.254. The molecule has 1 saturated heterocycles. The van der Waals surface area contributed by atoms with E-state index in [-0.39, 0.29) is 46.7 Å².